The highest BCUT2D eigenvalue weighted by Gasteiger charge is 2.14. The van der Waals surface area contributed by atoms with Crippen molar-refractivity contribution < 1.29 is 9.53 Å². The summed E-state index contributed by atoms with van der Waals surface area (Å²) < 4.78 is 5.62. The Morgan fingerprint density at radius 3 is 2.46 bits per heavy atom. The van der Waals surface area contributed by atoms with E-state index in [1.165, 1.54) is 11.8 Å². The molecule has 0 aliphatic heterocycles. The van der Waals surface area contributed by atoms with E-state index < -0.39 is 6.10 Å². The highest BCUT2D eigenvalue weighted by molar-refractivity contribution is 6.38. The van der Waals surface area contributed by atoms with Crippen LogP contribution in [0, 0.1) is 13.8 Å². The summed E-state index contributed by atoms with van der Waals surface area (Å²) in [5.41, 5.74) is 5.24. The number of hydrogen-bond acceptors (Lipinski definition) is 3. The summed E-state index contributed by atoms with van der Waals surface area (Å²) in [6.07, 6.45) is 0.719. The Bertz CT molecular complexity index is 755. The van der Waals surface area contributed by atoms with Crippen molar-refractivity contribution in [2.24, 2.45) is 5.10 Å². The maximum absolute atomic E-state index is 12.0. The second-order valence-corrected chi connectivity index (χ2v) is 6.19. The molecule has 4 nitrogen and oxygen atoms in total. The molecule has 0 aliphatic rings. The van der Waals surface area contributed by atoms with Crippen LogP contribution in [0.4, 0.5) is 0 Å². The van der Waals surface area contributed by atoms with Crippen LogP contribution in [-0.2, 0) is 4.79 Å². The van der Waals surface area contributed by atoms with Crippen molar-refractivity contribution in [3.05, 3.63) is 63.1 Å². The van der Waals surface area contributed by atoms with Crippen LogP contribution < -0.4 is 10.2 Å². The normalized spacial score (nSPS) is 12.2. The molecule has 0 saturated heterocycles. The fraction of sp³-hybridized carbons (Fsp3) is 0.222. The first-order chi connectivity index (χ1) is 11.4. The lowest BCUT2D eigenvalue weighted by Gasteiger charge is -2.14. The molecule has 0 radical (unpaired) electrons. The van der Waals surface area contributed by atoms with E-state index in [-0.39, 0.29) is 5.91 Å². The summed E-state index contributed by atoms with van der Waals surface area (Å²) in [7, 11) is 0. The number of nitrogens with one attached hydrogen (secondary N) is 1. The third-order valence-corrected chi connectivity index (χ3v) is 4.19. The minimum Gasteiger partial charge on any atom is -0.481 e. The average molecular weight is 365 g/mol. The van der Waals surface area contributed by atoms with E-state index in [1.807, 2.05) is 32.0 Å². The second kappa shape index (κ2) is 8.18. The number of rotatable bonds is 5. The molecule has 2 aromatic carbocycles. The molecule has 6 heteroatoms. The number of carbonyl (C=O) groups excluding carboxylic acids is 1. The van der Waals surface area contributed by atoms with Crippen LogP contribution in [0.5, 0.6) is 5.75 Å². The van der Waals surface area contributed by atoms with Crippen molar-refractivity contribution >= 4 is 35.3 Å². The van der Waals surface area contributed by atoms with Gasteiger partial charge in [0.25, 0.3) is 5.91 Å². The number of hydrazone groups is 1. The van der Waals surface area contributed by atoms with Gasteiger partial charge in [0.1, 0.15) is 5.75 Å². The van der Waals surface area contributed by atoms with Crippen LogP contribution in [-0.4, -0.2) is 18.2 Å². The Morgan fingerprint density at radius 2 is 1.83 bits per heavy atom. The lowest BCUT2D eigenvalue weighted by Crippen LogP contribution is -2.33. The van der Waals surface area contributed by atoms with Gasteiger partial charge in [-0.05, 0) is 56.2 Å². The summed E-state index contributed by atoms with van der Waals surface area (Å²) in [6.45, 7) is 5.66. The quantitative estimate of drug-likeness (QED) is 0.625. The summed E-state index contributed by atoms with van der Waals surface area (Å²) in [5.74, 6) is 0.270. The molecule has 0 fully saturated rings. The van der Waals surface area contributed by atoms with Gasteiger partial charge in [-0.2, -0.15) is 5.10 Å². The van der Waals surface area contributed by atoms with Gasteiger partial charge in [0.2, 0.25) is 0 Å². The van der Waals surface area contributed by atoms with E-state index in [2.05, 4.69) is 10.5 Å². The van der Waals surface area contributed by atoms with Crippen LogP contribution in [0.25, 0.3) is 0 Å². The van der Waals surface area contributed by atoms with E-state index >= 15 is 0 Å². The average Bonchev–Trinajstić information content (AvgIpc) is 2.53. The van der Waals surface area contributed by atoms with E-state index in [1.54, 1.807) is 25.1 Å². The van der Waals surface area contributed by atoms with Gasteiger partial charge < -0.3 is 4.74 Å². The van der Waals surface area contributed by atoms with Gasteiger partial charge in [-0.1, -0.05) is 35.3 Å². The number of halogens is 2. The molecule has 0 aromatic heterocycles. The Balaban J connectivity index is 1.96. The number of carbonyl (C=O) groups is 1. The standard InChI is InChI=1S/C18H18Cl2N2O2/c1-11-7-8-14(9-12(11)2)24-13(3)18(23)22-21-10-15-16(19)5-4-6-17(15)20/h4-10,13H,1-3H3,(H,22,23)/b21-10+. The number of benzene rings is 2. The van der Waals surface area contributed by atoms with Crippen LogP contribution in [0.15, 0.2) is 41.5 Å². The minimum atomic E-state index is -0.689. The van der Waals surface area contributed by atoms with E-state index in [0.29, 0.717) is 21.4 Å². The molecule has 2 rings (SSSR count). The first-order valence-corrected chi connectivity index (χ1v) is 8.15. The maximum atomic E-state index is 12.0. The predicted molar refractivity (Wildman–Crippen MR) is 98.2 cm³/mol. The zero-order valence-corrected chi connectivity index (χ0v) is 15.2. The monoisotopic (exact) mass is 364 g/mol. The van der Waals surface area contributed by atoms with Crippen LogP contribution in [0.3, 0.4) is 0 Å². The molecular weight excluding hydrogens is 347 g/mol. The molecule has 0 spiro atoms. The van der Waals surface area contributed by atoms with Crippen molar-refractivity contribution in [2.45, 2.75) is 26.9 Å². The molecule has 1 atom stereocenters. The van der Waals surface area contributed by atoms with Crippen molar-refractivity contribution in [2.75, 3.05) is 0 Å². The molecule has 0 aliphatic carbocycles. The highest BCUT2D eigenvalue weighted by atomic mass is 35.5. The van der Waals surface area contributed by atoms with E-state index in [9.17, 15) is 4.79 Å². The third-order valence-electron chi connectivity index (χ3n) is 3.53. The Morgan fingerprint density at radius 1 is 1.17 bits per heavy atom. The van der Waals surface area contributed by atoms with Crippen LogP contribution in [0.2, 0.25) is 10.0 Å². The molecule has 2 aromatic rings. The fourth-order valence-electron chi connectivity index (χ4n) is 1.93. The van der Waals surface area contributed by atoms with Gasteiger partial charge in [0, 0.05) is 5.56 Å². The van der Waals surface area contributed by atoms with Crippen molar-refractivity contribution in [1.29, 1.82) is 0 Å². The zero-order chi connectivity index (χ0) is 17.7. The SMILES string of the molecule is Cc1ccc(OC(C)C(=O)N/N=C/c2c(Cl)cccc2Cl)cc1C. The van der Waals surface area contributed by atoms with Crippen molar-refractivity contribution in [3.8, 4) is 5.75 Å². The third kappa shape index (κ3) is 4.73. The first kappa shape index (κ1) is 18.3. The number of ether oxygens (including phenoxy) is 1. The molecule has 1 amide bonds. The maximum Gasteiger partial charge on any atom is 0.280 e. The van der Waals surface area contributed by atoms with Crippen molar-refractivity contribution in [3.63, 3.8) is 0 Å². The summed E-state index contributed by atoms with van der Waals surface area (Å²) in [4.78, 5) is 12.0. The van der Waals surface area contributed by atoms with E-state index in [0.717, 1.165) is 5.56 Å². The minimum absolute atomic E-state index is 0.368. The Hall–Kier alpha value is -2.04. The van der Waals surface area contributed by atoms with Gasteiger partial charge in [0.05, 0.1) is 16.3 Å². The number of amides is 1. The number of aryl methyl sites for hydroxylation is 2. The summed E-state index contributed by atoms with van der Waals surface area (Å²) in [5, 5.41) is 4.80. The largest absolute Gasteiger partial charge is 0.481 e. The summed E-state index contributed by atoms with van der Waals surface area (Å²) in [6, 6.07) is 10.8. The van der Waals surface area contributed by atoms with Gasteiger partial charge in [-0.15, -0.1) is 0 Å². The molecule has 0 bridgehead atoms. The smallest absolute Gasteiger partial charge is 0.280 e. The fourth-order valence-corrected chi connectivity index (χ4v) is 2.43. The predicted octanol–water partition coefficient (Wildman–Crippen LogP) is 4.53. The van der Waals surface area contributed by atoms with Crippen molar-refractivity contribution in [1.82, 2.24) is 5.43 Å². The van der Waals surface area contributed by atoms with Gasteiger partial charge in [0.15, 0.2) is 6.10 Å². The van der Waals surface area contributed by atoms with Gasteiger partial charge in [-0.3, -0.25) is 4.79 Å². The first-order valence-electron chi connectivity index (χ1n) is 7.39. The molecule has 0 heterocycles. The molecule has 126 valence electrons. The second-order valence-electron chi connectivity index (χ2n) is 5.38. The zero-order valence-electron chi connectivity index (χ0n) is 13.6. The number of hydrogen-bond donors (Lipinski definition) is 1. The molecule has 0 saturated carbocycles. The lowest BCUT2D eigenvalue weighted by molar-refractivity contribution is -0.127. The van der Waals surface area contributed by atoms with Crippen LogP contribution >= 0.6 is 23.2 Å². The molecular formula is C18H18Cl2N2O2. The van der Waals surface area contributed by atoms with E-state index in [4.69, 9.17) is 27.9 Å². The van der Waals surface area contributed by atoms with Gasteiger partial charge >= 0.3 is 0 Å². The number of nitrogens with zero attached hydrogens (tertiary/aromatic N) is 1. The molecule has 24 heavy (non-hydrogen) atoms. The molecule has 1 unspecified atom stereocenters. The Labute approximate surface area is 151 Å². The lowest BCUT2D eigenvalue weighted by atomic mass is 10.1. The van der Waals surface area contributed by atoms with Gasteiger partial charge in [-0.25, -0.2) is 5.43 Å². The summed E-state index contributed by atoms with van der Waals surface area (Å²) >= 11 is 12.1. The van der Waals surface area contributed by atoms with Crippen LogP contribution in [0.1, 0.15) is 23.6 Å². The Kier molecular flexibility index (Phi) is 6.23. The highest BCUT2D eigenvalue weighted by Crippen LogP contribution is 2.22. The topological polar surface area (TPSA) is 50.7 Å². The molecule has 1 N–H and O–H groups in total.